The van der Waals surface area contributed by atoms with Gasteiger partial charge in [-0.15, -0.1) is 0 Å². The van der Waals surface area contributed by atoms with E-state index in [0.29, 0.717) is 29.4 Å². The van der Waals surface area contributed by atoms with Crippen molar-refractivity contribution in [1.29, 1.82) is 0 Å². The summed E-state index contributed by atoms with van der Waals surface area (Å²) in [5.41, 5.74) is 0.711. The number of aromatic amines is 1. The average Bonchev–Trinajstić information content (AvgIpc) is 2.39. The Balaban J connectivity index is 2.06. The molecule has 0 amide bonds. The summed E-state index contributed by atoms with van der Waals surface area (Å²) < 4.78 is 22.9. The van der Waals surface area contributed by atoms with Crippen LogP contribution in [0.25, 0.3) is 11.0 Å². The number of aromatic nitrogens is 3. The maximum atomic E-state index is 12.1. The zero-order valence-corrected chi connectivity index (χ0v) is 12.0. The van der Waals surface area contributed by atoms with Gasteiger partial charge in [0.1, 0.15) is 27.0 Å². The van der Waals surface area contributed by atoms with Gasteiger partial charge in [0.2, 0.25) is 0 Å². The molecule has 0 unspecified atom stereocenters. The van der Waals surface area contributed by atoms with Crippen molar-refractivity contribution in [3.05, 3.63) is 33.5 Å². The Kier molecular flexibility index (Phi) is 3.25. The van der Waals surface area contributed by atoms with Crippen LogP contribution in [0.4, 0.5) is 0 Å². The molecule has 1 saturated heterocycles. The lowest BCUT2D eigenvalue weighted by Gasteiger charge is -2.21. The summed E-state index contributed by atoms with van der Waals surface area (Å²) in [6, 6.07) is 1.68. The molecule has 0 atom stereocenters. The van der Waals surface area contributed by atoms with Crippen molar-refractivity contribution >= 4 is 32.5 Å². The van der Waals surface area contributed by atoms with Crippen LogP contribution >= 0.6 is 11.6 Å². The van der Waals surface area contributed by atoms with Crippen molar-refractivity contribution in [2.24, 2.45) is 0 Å². The highest BCUT2D eigenvalue weighted by atomic mass is 35.5. The molecule has 0 bridgehead atoms. The van der Waals surface area contributed by atoms with Crippen molar-refractivity contribution in [3.63, 3.8) is 0 Å². The molecule has 0 spiro atoms. The smallest absolute Gasteiger partial charge is 0.253 e. The van der Waals surface area contributed by atoms with Crippen LogP contribution < -0.4 is 5.56 Å². The van der Waals surface area contributed by atoms with E-state index in [1.54, 1.807) is 6.07 Å². The first-order chi connectivity index (χ1) is 9.46. The number of hydrogen-bond acceptors (Lipinski definition) is 5. The van der Waals surface area contributed by atoms with Crippen LogP contribution in [0.2, 0.25) is 5.15 Å². The van der Waals surface area contributed by atoms with E-state index in [9.17, 15) is 13.2 Å². The first kappa shape index (κ1) is 13.5. The molecule has 1 aliphatic heterocycles. The first-order valence-corrected chi connectivity index (χ1v) is 8.40. The fourth-order valence-corrected chi connectivity index (χ4v) is 4.19. The topological polar surface area (TPSA) is 92.8 Å². The standard InChI is InChI=1S/C12H12ClN3O3S/c13-10-9-5-8(7-1-3-20(18,19)4-2-7)12(17)16-11(9)15-6-14-10/h5-7H,1-4H2,(H,14,15,16,17). The molecule has 2 aromatic heterocycles. The maximum Gasteiger partial charge on any atom is 0.253 e. The second-order valence-corrected chi connectivity index (χ2v) is 7.57. The Morgan fingerprint density at radius 1 is 1.25 bits per heavy atom. The fraction of sp³-hybridized carbons (Fsp3) is 0.417. The van der Waals surface area contributed by atoms with Gasteiger partial charge in [0.05, 0.1) is 16.9 Å². The van der Waals surface area contributed by atoms with E-state index in [0.717, 1.165) is 0 Å². The Morgan fingerprint density at radius 3 is 2.65 bits per heavy atom. The summed E-state index contributed by atoms with van der Waals surface area (Å²) in [7, 11) is -2.95. The average molecular weight is 314 g/mol. The number of nitrogens with one attached hydrogen (secondary N) is 1. The molecule has 0 saturated carbocycles. The third-order valence-electron chi connectivity index (χ3n) is 3.62. The number of halogens is 1. The summed E-state index contributed by atoms with van der Waals surface area (Å²) >= 11 is 6.00. The molecule has 106 valence electrons. The Morgan fingerprint density at radius 2 is 1.95 bits per heavy atom. The Labute approximate surface area is 120 Å². The SMILES string of the molecule is O=c1[nH]c2ncnc(Cl)c2cc1C1CCS(=O)(=O)CC1. The number of H-pyrrole nitrogens is 1. The van der Waals surface area contributed by atoms with Crippen molar-refractivity contribution in [1.82, 2.24) is 15.0 Å². The minimum absolute atomic E-state index is 0.0667. The molecule has 0 aliphatic carbocycles. The van der Waals surface area contributed by atoms with Gasteiger partial charge >= 0.3 is 0 Å². The molecule has 8 heteroatoms. The van der Waals surface area contributed by atoms with Crippen LogP contribution in [-0.4, -0.2) is 34.9 Å². The van der Waals surface area contributed by atoms with E-state index in [1.807, 2.05) is 0 Å². The number of rotatable bonds is 1. The van der Waals surface area contributed by atoms with Gasteiger partial charge in [-0.05, 0) is 24.8 Å². The van der Waals surface area contributed by atoms with E-state index in [4.69, 9.17) is 11.6 Å². The molecule has 2 aromatic rings. The van der Waals surface area contributed by atoms with Crippen LogP contribution in [0.3, 0.4) is 0 Å². The van der Waals surface area contributed by atoms with Gasteiger partial charge in [0.25, 0.3) is 5.56 Å². The number of nitrogens with zero attached hydrogens (tertiary/aromatic N) is 2. The van der Waals surface area contributed by atoms with Crippen molar-refractivity contribution < 1.29 is 8.42 Å². The molecule has 0 aromatic carbocycles. The van der Waals surface area contributed by atoms with Crippen LogP contribution in [0, 0.1) is 0 Å². The summed E-state index contributed by atoms with van der Waals surface area (Å²) in [6.45, 7) is 0. The normalized spacial score (nSPS) is 19.2. The third kappa shape index (κ3) is 2.43. The van der Waals surface area contributed by atoms with E-state index >= 15 is 0 Å². The highest BCUT2D eigenvalue weighted by molar-refractivity contribution is 7.91. The van der Waals surface area contributed by atoms with Gasteiger partial charge < -0.3 is 4.98 Å². The predicted octanol–water partition coefficient (Wildman–Crippen LogP) is 1.26. The Bertz CT molecular complexity index is 817. The van der Waals surface area contributed by atoms with Crippen molar-refractivity contribution in [2.75, 3.05) is 11.5 Å². The van der Waals surface area contributed by atoms with Crippen LogP contribution in [0.1, 0.15) is 24.3 Å². The van der Waals surface area contributed by atoms with Gasteiger partial charge in [-0.2, -0.15) is 0 Å². The third-order valence-corrected chi connectivity index (χ3v) is 5.64. The lowest BCUT2D eigenvalue weighted by molar-refractivity contribution is 0.548. The first-order valence-electron chi connectivity index (χ1n) is 6.20. The number of hydrogen-bond donors (Lipinski definition) is 1. The summed E-state index contributed by atoms with van der Waals surface area (Å²) in [5, 5.41) is 0.855. The minimum Gasteiger partial charge on any atom is -0.306 e. The van der Waals surface area contributed by atoms with Gasteiger partial charge in [0, 0.05) is 5.56 Å². The highest BCUT2D eigenvalue weighted by Crippen LogP contribution is 2.29. The lowest BCUT2D eigenvalue weighted by Crippen LogP contribution is -2.26. The molecule has 3 heterocycles. The summed E-state index contributed by atoms with van der Waals surface area (Å²) in [6.07, 6.45) is 2.21. The molecular weight excluding hydrogens is 302 g/mol. The minimum atomic E-state index is -2.95. The second-order valence-electron chi connectivity index (χ2n) is 4.91. The zero-order chi connectivity index (χ0) is 14.3. The fourth-order valence-electron chi connectivity index (χ4n) is 2.51. The number of pyridine rings is 1. The molecule has 1 N–H and O–H groups in total. The summed E-state index contributed by atoms with van der Waals surface area (Å²) in [5.74, 6) is 0.172. The molecule has 1 fully saturated rings. The van der Waals surface area contributed by atoms with E-state index in [2.05, 4.69) is 15.0 Å². The second kappa shape index (κ2) is 4.82. The largest absolute Gasteiger partial charge is 0.306 e. The van der Waals surface area contributed by atoms with E-state index in [-0.39, 0.29) is 28.1 Å². The van der Waals surface area contributed by atoms with Gasteiger partial charge in [-0.1, -0.05) is 11.6 Å². The van der Waals surface area contributed by atoms with E-state index in [1.165, 1.54) is 6.33 Å². The zero-order valence-electron chi connectivity index (χ0n) is 10.5. The molecule has 0 radical (unpaired) electrons. The Hall–Kier alpha value is -1.47. The molecule has 3 rings (SSSR count). The van der Waals surface area contributed by atoms with Crippen molar-refractivity contribution in [2.45, 2.75) is 18.8 Å². The van der Waals surface area contributed by atoms with Gasteiger partial charge in [-0.3, -0.25) is 4.79 Å². The quantitative estimate of drug-likeness (QED) is 0.800. The maximum absolute atomic E-state index is 12.1. The van der Waals surface area contributed by atoms with Crippen molar-refractivity contribution in [3.8, 4) is 0 Å². The predicted molar refractivity (Wildman–Crippen MR) is 75.8 cm³/mol. The summed E-state index contributed by atoms with van der Waals surface area (Å²) in [4.78, 5) is 22.6. The number of fused-ring (bicyclic) bond motifs is 1. The van der Waals surface area contributed by atoms with Crippen LogP contribution in [0.15, 0.2) is 17.2 Å². The van der Waals surface area contributed by atoms with Gasteiger partial charge in [0.15, 0.2) is 0 Å². The molecule has 6 nitrogen and oxygen atoms in total. The van der Waals surface area contributed by atoms with Gasteiger partial charge in [-0.25, -0.2) is 18.4 Å². The van der Waals surface area contributed by atoms with Crippen LogP contribution in [0.5, 0.6) is 0 Å². The molecule has 20 heavy (non-hydrogen) atoms. The monoisotopic (exact) mass is 313 g/mol. The molecular formula is C12H12ClN3O3S. The highest BCUT2D eigenvalue weighted by Gasteiger charge is 2.26. The van der Waals surface area contributed by atoms with Crippen LogP contribution in [-0.2, 0) is 9.84 Å². The lowest BCUT2D eigenvalue weighted by atomic mass is 9.94. The number of sulfone groups is 1. The molecule has 1 aliphatic rings. The van der Waals surface area contributed by atoms with E-state index < -0.39 is 9.84 Å².